The van der Waals surface area contributed by atoms with Gasteiger partial charge < -0.3 is 5.32 Å². The Balaban J connectivity index is 1.57. The second-order valence-electron chi connectivity index (χ2n) is 7.65. The van der Waals surface area contributed by atoms with Crippen LogP contribution in [0.3, 0.4) is 0 Å². The summed E-state index contributed by atoms with van der Waals surface area (Å²) < 4.78 is 79.6. The lowest BCUT2D eigenvalue weighted by atomic mass is 9.86. The van der Waals surface area contributed by atoms with Gasteiger partial charge in [0.1, 0.15) is 5.69 Å². The lowest BCUT2D eigenvalue weighted by molar-refractivity contribution is 0.324. The summed E-state index contributed by atoms with van der Waals surface area (Å²) in [6.45, 7) is 2.18. The van der Waals surface area contributed by atoms with Crippen LogP contribution in [0.2, 0.25) is 0 Å². The maximum absolute atomic E-state index is 14.5. The van der Waals surface area contributed by atoms with E-state index in [4.69, 9.17) is 0 Å². The molecule has 29 heavy (non-hydrogen) atoms. The second kappa shape index (κ2) is 8.73. The van der Waals surface area contributed by atoms with Crippen molar-refractivity contribution in [3.63, 3.8) is 0 Å². The highest BCUT2D eigenvalue weighted by Gasteiger charge is 2.33. The Kier molecular flexibility index (Phi) is 6.69. The molecule has 2 N–H and O–H groups in total. The fraction of sp³-hybridized carbons (Fsp3) is 0.667. The van der Waals surface area contributed by atoms with Crippen LogP contribution in [0.5, 0.6) is 0 Å². The van der Waals surface area contributed by atoms with E-state index in [0.717, 1.165) is 42.1 Å². The highest BCUT2D eigenvalue weighted by molar-refractivity contribution is 7.93. The van der Waals surface area contributed by atoms with Gasteiger partial charge in [0, 0.05) is 24.8 Å². The predicted octanol–water partition coefficient (Wildman–Crippen LogP) is 2.41. The molecule has 1 saturated heterocycles. The smallest absolute Gasteiger partial charge is 0.235 e. The van der Waals surface area contributed by atoms with E-state index in [1.165, 1.54) is 0 Å². The molecule has 0 atom stereocenters. The average molecular weight is 452 g/mol. The van der Waals surface area contributed by atoms with Crippen LogP contribution >= 0.6 is 0 Å². The third-order valence-electron chi connectivity index (χ3n) is 5.53. The Hall–Kier alpha value is -1.46. The Morgan fingerprint density at radius 1 is 1.14 bits per heavy atom. The lowest BCUT2D eigenvalue weighted by Crippen LogP contribution is -2.39. The Morgan fingerprint density at radius 3 is 2.28 bits per heavy atom. The van der Waals surface area contributed by atoms with Crippen molar-refractivity contribution in [3.05, 3.63) is 23.8 Å². The molecule has 1 aliphatic heterocycles. The molecule has 11 heteroatoms. The van der Waals surface area contributed by atoms with Gasteiger partial charge in [0.2, 0.25) is 20.0 Å². The minimum Gasteiger partial charge on any atom is -0.385 e. The van der Waals surface area contributed by atoms with Crippen molar-refractivity contribution in [2.45, 2.75) is 45.1 Å². The van der Waals surface area contributed by atoms with Gasteiger partial charge in [-0.05, 0) is 57.1 Å². The van der Waals surface area contributed by atoms with Crippen LogP contribution in [0.1, 0.15) is 39.0 Å². The minimum absolute atomic E-state index is 0.0559. The predicted molar refractivity (Wildman–Crippen MR) is 109 cm³/mol. The zero-order chi connectivity index (χ0) is 21.2. The van der Waals surface area contributed by atoms with Gasteiger partial charge in [0.25, 0.3) is 0 Å². The number of nitrogens with one attached hydrogen (secondary N) is 2. The molecule has 1 aliphatic carbocycles. The number of anilines is 2. The summed E-state index contributed by atoms with van der Waals surface area (Å²) in [7, 11) is -6.88. The lowest BCUT2D eigenvalue weighted by Gasteiger charge is -2.29. The van der Waals surface area contributed by atoms with E-state index >= 15 is 0 Å². The number of sulfonamides is 2. The Morgan fingerprint density at radius 2 is 1.76 bits per heavy atom. The third kappa shape index (κ3) is 5.37. The molecule has 2 aliphatic rings. The molecule has 0 bridgehead atoms. The molecule has 0 amide bonds. The summed E-state index contributed by atoms with van der Waals surface area (Å²) in [5, 5.41) is 3.02. The van der Waals surface area contributed by atoms with Gasteiger partial charge >= 0.3 is 0 Å². The zero-order valence-corrected chi connectivity index (χ0v) is 18.0. The van der Waals surface area contributed by atoms with Gasteiger partial charge in [-0.3, -0.25) is 4.31 Å². The Labute approximate surface area is 171 Å². The minimum atomic E-state index is -3.66. The fourth-order valence-electron chi connectivity index (χ4n) is 3.88. The molecule has 7 nitrogen and oxygen atoms in total. The summed E-state index contributed by atoms with van der Waals surface area (Å²) >= 11 is 0. The normalized spacial score (nSPS) is 24.6. The van der Waals surface area contributed by atoms with Gasteiger partial charge in [-0.2, -0.15) is 0 Å². The first-order valence-electron chi connectivity index (χ1n) is 9.84. The fourth-order valence-corrected chi connectivity index (χ4v) is 6.36. The molecule has 3 rings (SSSR count). The quantitative estimate of drug-likeness (QED) is 0.664. The maximum atomic E-state index is 14.5. The monoisotopic (exact) mass is 451 g/mol. The molecular weight excluding hydrogens is 424 g/mol. The van der Waals surface area contributed by atoms with Crippen LogP contribution in [0, 0.1) is 17.6 Å². The largest absolute Gasteiger partial charge is 0.385 e. The van der Waals surface area contributed by atoms with E-state index in [2.05, 4.69) is 10.0 Å². The summed E-state index contributed by atoms with van der Waals surface area (Å²) in [6.07, 6.45) is 3.40. The standard InChI is InChI=1S/C18H27F2N3O4S2/c1-2-28(24,25)22-14-6-4-13(5-7-14)12-21-15-10-16(19)18(17(20)11-15)23-8-3-9-29(23,26)27/h10-11,13-14,21-22H,2-9,12H2,1H3. The number of hydrogen-bond acceptors (Lipinski definition) is 5. The first-order valence-corrected chi connectivity index (χ1v) is 13.1. The van der Waals surface area contributed by atoms with Gasteiger partial charge in [-0.1, -0.05) is 0 Å². The van der Waals surface area contributed by atoms with Crippen molar-refractivity contribution in [2.24, 2.45) is 5.92 Å². The molecule has 2 fully saturated rings. The summed E-state index contributed by atoms with van der Waals surface area (Å²) in [6, 6.07) is 2.17. The third-order valence-corrected chi connectivity index (χ3v) is 8.83. The van der Waals surface area contributed by atoms with Gasteiger partial charge in [0.15, 0.2) is 11.6 Å². The van der Waals surface area contributed by atoms with Crippen molar-refractivity contribution < 1.29 is 25.6 Å². The number of halogens is 2. The molecule has 1 heterocycles. The molecule has 1 saturated carbocycles. The van der Waals surface area contributed by atoms with Crippen molar-refractivity contribution in [3.8, 4) is 0 Å². The SMILES string of the molecule is CCS(=O)(=O)NC1CCC(CNc2cc(F)c(N3CCCS3(=O)=O)c(F)c2)CC1. The molecule has 0 unspecified atom stereocenters. The Bertz CT molecular complexity index is 923. The summed E-state index contributed by atoms with van der Waals surface area (Å²) in [4.78, 5) is 0. The van der Waals surface area contributed by atoms with E-state index < -0.39 is 37.4 Å². The van der Waals surface area contributed by atoms with Crippen LogP contribution in [0.25, 0.3) is 0 Å². The van der Waals surface area contributed by atoms with Crippen LogP contribution in [-0.4, -0.2) is 47.5 Å². The number of nitrogens with zero attached hydrogens (tertiary/aromatic N) is 1. The molecular formula is C18H27F2N3O4S2. The van der Waals surface area contributed by atoms with E-state index in [-0.39, 0.29) is 35.7 Å². The van der Waals surface area contributed by atoms with Crippen LogP contribution in [-0.2, 0) is 20.0 Å². The van der Waals surface area contributed by atoms with Crippen molar-refractivity contribution in [1.29, 1.82) is 0 Å². The highest BCUT2D eigenvalue weighted by atomic mass is 32.2. The average Bonchev–Trinajstić information content (AvgIpc) is 2.99. The topological polar surface area (TPSA) is 95.6 Å². The summed E-state index contributed by atoms with van der Waals surface area (Å²) in [5.74, 6) is -1.60. The number of rotatable bonds is 7. The van der Waals surface area contributed by atoms with Crippen molar-refractivity contribution >= 4 is 31.4 Å². The van der Waals surface area contributed by atoms with E-state index in [1.54, 1.807) is 6.92 Å². The summed E-state index contributed by atoms with van der Waals surface area (Å²) in [5.41, 5.74) is -0.258. The number of hydrogen-bond donors (Lipinski definition) is 2. The van der Waals surface area contributed by atoms with E-state index in [0.29, 0.717) is 13.0 Å². The molecule has 1 aromatic rings. The molecule has 0 spiro atoms. The first-order chi connectivity index (χ1) is 13.6. The zero-order valence-electron chi connectivity index (χ0n) is 16.3. The molecule has 0 aromatic heterocycles. The van der Waals surface area contributed by atoms with Gasteiger partial charge in [0.05, 0.1) is 11.5 Å². The molecule has 1 aromatic carbocycles. The van der Waals surface area contributed by atoms with E-state index in [9.17, 15) is 25.6 Å². The van der Waals surface area contributed by atoms with Gasteiger partial charge in [-0.15, -0.1) is 0 Å². The van der Waals surface area contributed by atoms with Gasteiger partial charge in [-0.25, -0.2) is 30.3 Å². The second-order valence-corrected chi connectivity index (χ2v) is 11.7. The van der Waals surface area contributed by atoms with Crippen LogP contribution in [0.4, 0.5) is 20.2 Å². The maximum Gasteiger partial charge on any atom is 0.235 e. The van der Waals surface area contributed by atoms with Crippen molar-refractivity contribution in [1.82, 2.24) is 4.72 Å². The molecule has 164 valence electrons. The first kappa shape index (κ1) is 22.2. The molecule has 0 radical (unpaired) electrons. The van der Waals surface area contributed by atoms with Crippen molar-refractivity contribution in [2.75, 3.05) is 34.2 Å². The van der Waals surface area contributed by atoms with E-state index in [1.807, 2.05) is 0 Å². The highest BCUT2D eigenvalue weighted by Crippen LogP contribution is 2.32. The van der Waals surface area contributed by atoms with Crippen LogP contribution in [0.15, 0.2) is 12.1 Å². The van der Waals surface area contributed by atoms with Crippen LogP contribution < -0.4 is 14.3 Å². The number of benzene rings is 1.